The van der Waals surface area contributed by atoms with E-state index in [9.17, 15) is 4.79 Å². The summed E-state index contributed by atoms with van der Waals surface area (Å²) in [5, 5.41) is 1.24. The lowest BCUT2D eigenvalue weighted by molar-refractivity contribution is -0.164. The van der Waals surface area contributed by atoms with Gasteiger partial charge in [0.15, 0.2) is 0 Å². The van der Waals surface area contributed by atoms with Gasteiger partial charge in [0.25, 0.3) is 5.91 Å². The van der Waals surface area contributed by atoms with Gasteiger partial charge in [0.2, 0.25) is 5.95 Å². The minimum atomic E-state index is -0.0915. The summed E-state index contributed by atoms with van der Waals surface area (Å²) < 4.78 is 0. The molecule has 2 rings (SSSR count). The average molecular weight is 248 g/mol. The van der Waals surface area contributed by atoms with E-state index in [0.717, 1.165) is 12.1 Å². The van der Waals surface area contributed by atoms with Gasteiger partial charge >= 0.3 is 0 Å². The van der Waals surface area contributed by atoms with Gasteiger partial charge in [-0.05, 0) is 12.5 Å². The van der Waals surface area contributed by atoms with Crippen LogP contribution in [0.1, 0.15) is 6.42 Å². The van der Waals surface area contributed by atoms with E-state index in [4.69, 9.17) is 4.84 Å². The van der Waals surface area contributed by atoms with Crippen LogP contribution in [-0.4, -0.2) is 48.2 Å². The highest BCUT2D eigenvalue weighted by atomic mass is 16.7. The standard InChI is InChI=1S/C12H16N4O2/c1-15(18-2)11(17)10-4-8-16(9-5-10)12-13-6-3-7-14-12/h3-4,6-7H,5,8-9H2,1-2H3. The number of carbonyl (C=O) groups is 1. The van der Waals surface area contributed by atoms with Crippen molar-refractivity contribution in [2.45, 2.75) is 6.42 Å². The van der Waals surface area contributed by atoms with Crippen molar-refractivity contribution < 1.29 is 9.63 Å². The number of amides is 1. The number of hydroxylamine groups is 2. The van der Waals surface area contributed by atoms with E-state index in [-0.39, 0.29) is 5.91 Å². The first-order valence-electron chi connectivity index (χ1n) is 5.75. The Kier molecular flexibility index (Phi) is 3.88. The fraction of sp³-hybridized carbons (Fsp3) is 0.417. The molecule has 0 fully saturated rings. The smallest absolute Gasteiger partial charge is 0.272 e. The second-order valence-corrected chi connectivity index (χ2v) is 3.96. The zero-order valence-electron chi connectivity index (χ0n) is 10.5. The molecule has 1 aromatic rings. The molecule has 0 radical (unpaired) electrons. The van der Waals surface area contributed by atoms with E-state index >= 15 is 0 Å². The van der Waals surface area contributed by atoms with Crippen molar-refractivity contribution in [3.63, 3.8) is 0 Å². The van der Waals surface area contributed by atoms with Crippen molar-refractivity contribution in [3.8, 4) is 0 Å². The van der Waals surface area contributed by atoms with Gasteiger partial charge in [0, 0.05) is 38.1 Å². The largest absolute Gasteiger partial charge is 0.337 e. The summed E-state index contributed by atoms with van der Waals surface area (Å²) in [5.74, 6) is 0.603. The first kappa shape index (κ1) is 12.5. The van der Waals surface area contributed by atoms with Gasteiger partial charge < -0.3 is 4.90 Å². The third-order valence-corrected chi connectivity index (χ3v) is 2.88. The molecule has 18 heavy (non-hydrogen) atoms. The first-order valence-corrected chi connectivity index (χ1v) is 5.75. The van der Waals surface area contributed by atoms with Crippen LogP contribution < -0.4 is 4.90 Å². The number of likely N-dealkylation sites (N-methyl/N-ethyl adjacent to an activating group) is 1. The monoisotopic (exact) mass is 248 g/mol. The van der Waals surface area contributed by atoms with Crippen LogP contribution in [0.25, 0.3) is 0 Å². The third kappa shape index (κ3) is 2.65. The lowest BCUT2D eigenvalue weighted by atomic mass is 10.1. The second-order valence-electron chi connectivity index (χ2n) is 3.96. The van der Waals surface area contributed by atoms with Crippen LogP contribution in [0, 0.1) is 0 Å². The van der Waals surface area contributed by atoms with Crippen molar-refractivity contribution in [3.05, 3.63) is 30.1 Å². The number of hydrogen-bond donors (Lipinski definition) is 0. The molecule has 0 aromatic carbocycles. The maximum atomic E-state index is 11.9. The van der Waals surface area contributed by atoms with Crippen LogP contribution in [-0.2, 0) is 9.63 Å². The van der Waals surface area contributed by atoms with E-state index in [1.165, 1.54) is 12.2 Å². The zero-order chi connectivity index (χ0) is 13.0. The van der Waals surface area contributed by atoms with Crippen molar-refractivity contribution in [2.24, 2.45) is 0 Å². The molecular formula is C12H16N4O2. The molecule has 1 amide bonds. The van der Waals surface area contributed by atoms with Gasteiger partial charge in [0.1, 0.15) is 0 Å². The van der Waals surface area contributed by atoms with Gasteiger partial charge in [-0.1, -0.05) is 6.08 Å². The van der Waals surface area contributed by atoms with Crippen molar-refractivity contribution in [1.29, 1.82) is 0 Å². The maximum Gasteiger partial charge on any atom is 0.272 e. The Morgan fingerprint density at radius 3 is 2.72 bits per heavy atom. The van der Waals surface area contributed by atoms with Crippen LogP contribution in [0.5, 0.6) is 0 Å². The lowest BCUT2D eigenvalue weighted by Crippen LogP contribution is -2.35. The second kappa shape index (κ2) is 5.59. The first-order chi connectivity index (χ1) is 8.72. The van der Waals surface area contributed by atoms with E-state index in [1.807, 2.05) is 11.0 Å². The van der Waals surface area contributed by atoms with E-state index < -0.39 is 0 Å². The highest BCUT2D eigenvalue weighted by molar-refractivity contribution is 5.92. The molecule has 0 atom stereocenters. The average Bonchev–Trinajstić information content (AvgIpc) is 2.47. The van der Waals surface area contributed by atoms with Crippen LogP contribution in [0.4, 0.5) is 5.95 Å². The van der Waals surface area contributed by atoms with Gasteiger partial charge in [-0.15, -0.1) is 0 Å². The van der Waals surface area contributed by atoms with Crippen LogP contribution >= 0.6 is 0 Å². The molecule has 0 unspecified atom stereocenters. The highest BCUT2D eigenvalue weighted by Gasteiger charge is 2.20. The van der Waals surface area contributed by atoms with Gasteiger partial charge in [0.05, 0.1) is 7.11 Å². The Labute approximate surface area is 106 Å². The van der Waals surface area contributed by atoms with Crippen LogP contribution in [0.3, 0.4) is 0 Å². The molecule has 0 N–H and O–H groups in total. The van der Waals surface area contributed by atoms with Crippen molar-refractivity contribution >= 4 is 11.9 Å². The molecule has 0 saturated heterocycles. The van der Waals surface area contributed by atoms with E-state index in [2.05, 4.69) is 9.97 Å². The van der Waals surface area contributed by atoms with Gasteiger partial charge in [-0.2, -0.15) is 0 Å². The van der Waals surface area contributed by atoms with E-state index in [0.29, 0.717) is 18.9 Å². The molecule has 1 aromatic heterocycles. The Morgan fingerprint density at radius 2 is 2.17 bits per heavy atom. The van der Waals surface area contributed by atoms with Crippen molar-refractivity contribution in [1.82, 2.24) is 15.0 Å². The zero-order valence-corrected chi connectivity index (χ0v) is 10.5. The molecule has 1 aliphatic rings. The molecule has 6 heteroatoms. The summed E-state index contributed by atoms with van der Waals surface area (Å²) >= 11 is 0. The van der Waals surface area contributed by atoms with Gasteiger partial charge in [-0.25, -0.2) is 15.0 Å². The van der Waals surface area contributed by atoms with Crippen molar-refractivity contribution in [2.75, 3.05) is 32.1 Å². The molecule has 6 nitrogen and oxygen atoms in total. The molecule has 96 valence electrons. The quantitative estimate of drug-likeness (QED) is 0.734. The fourth-order valence-electron chi connectivity index (χ4n) is 1.78. The number of carbonyl (C=O) groups excluding carboxylic acids is 1. The number of aromatic nitrogens is 2. The molecule has 1 aliphatic heterocycles. The summed E-state index contributed by atoms with van der Waals surface area (Å²) in [6.45, 7) is 1.38. The van der Waals surface area contributed by atoms with E-state index in [1.54, 1.807) is 25.5 Å². The minimum Gasteiger partial charge on any atom is -0.337 e. The number of rotatable bonds is 3. The summed E-state index contributed by atoms with van der Waals surface area (Å²) in [6.07, 6.45) is 6.00. The predicted molar refractivity (Wildman–Crippen MR) is 66.7 cm³/mol. The summed E-state index contributed by atoms with van der Waals surface area (Å²) in [6, 6.07) is 1.78. The molecule has 0 spiro atoms. The molecule has 0 bridgehead atoms. The summed E-state index contributed by atoms with van der Waals surface area (Å²) in [4.78, 5) is 27.1. The Balaban J connectivity index is 2.02. The number of nitrogens with zero attached hydrogens (tertiary/aromatic N) is 4. The normalized spacial score (nSPS) is 15.2. The van der Waals surface area contributed by atoms with Crippen LogP contribution in [0.15, 0.2) is 30.1 Å². The number of anilines is 1. The molecular weight excluding hydrogens is 232 g/mol. The highest BCUT2D eigenvalue weighted by Crippen LogP contribution is 2.16. The Bertz CT molecular complexity index is 447. The van der Waals surface area contributed by atoms with Crippen LogP contribution in [0.2, 0.25) is 0 Å². The Hall–Kier alpha value is -1.95. The molecule has 2 heterocycles. The third-order valence-electron chi connectivity index (χ3n) is 2.88. The minimum absolute atomic E-state index is 0.0915. The maximum absolute atomic E-state index is 11.9. The lowest BCUT2D eigenvalue weighted by Gasteiger charge is -2.27. The predicted octanol–water partition coefficient (Wildman–Crippen LogP) is 0.633. The summed E-state index contributed by atoms with van der Waals surface area (Å²) in [5.41, 5.74) is 0.770. The molecule has 0 saturated carbocycles. The Morgan fingerprint density at radius 1 is 1.44 bits per heavy atom. The summed E-state index contributed by atoms with van der Waals surface area (Å²) in [7, 11) is 3.08. The number of hydrogen-bond acceptors (Lipinski definition) is 5. The molecule has 0 aliphatic carbocycles. The fourth-order valence-corrected chi connectivity index (χ4v) is 1.78. The topological polar surface area (TPSA) is 58.6 Å². The van der Waals surface area contributed by atoms with Gasteiger partial charge in [-0.3, -0.25) is 9.63 Å². The SMILES string of the molecule is CON(C)C(=O)C1=CCN(c2ncccn2)CC1.